The van der Waals surface area contributed by atoms with E-state index in [1.54, 1.807) is 18.4 Å². The average Bonchev–Trinajstić information content (AvgIpc) is 3.22. The number of thiazole rings is 1. The Hall–Kier alpha value is -2.48. The van der Waals surface area contributed by atoms with Crippen LogP contribution in [0.5, 0.6) is 11.6 Å². The number of nitrogens with zero attached hydrogens (tertiary/aromatic N) is 2. The Morgan fingerprint density at radius 1 is 0.926 bits per heavy atom. The van der Waals surface area contributed by atoms with E-state index in [-0.39, 0.29) is 0 Å². The van der Waals surface area contributed by atoms with E-state index in [2.05, 4.69) is 27.4 Å². The van der Waals surface area contributed by atoms with Crippen LogP contribution in [-0.2, 0) is 24.4 Å². The molecule has 27 heavy (non-hydrogen) atoms. The first kappa shape index (κ1) is 19.3. The highest BCUT2D eigenvalue weighted by Crippen LogP contribution is 2.14. The van der Waals surface area contributed by atoms with Gasteiger partial charge in [-0.3, -0.25) is 0 Å². The van der Waals surface area contributed by atoms with E-state index < -0.39 is 0 Å². The van der Waals surface area contributed by atoms with E-state index in [1.165, 1.54) is 5.56 Å². The number of methoxy groups -OCH3 is 1. The molecule has 0 atom stereocenters. The van der Waals surface area contributed by atoms with Gasteiger partial charge < -0.3 is 19.5 Å². The first-order valence-electron chi connectivity index (χ1n) is 8.69. The van der Waals surface area contributed by atoms with Crippen LogP contribution in [0, 0.1) is 0 Å². The highest BCUT2D eigenvalue weighted by atomic mass is 32.1. The standard InChI is InChI=1S/C20H23N3O3S/c1-24-8-9-25-20-7-4-17(12-22-20)11-21-10-16-2-5-19(6-3-16)26-13-18-14-27-15-23-18/h2-7,12,14-15,21H,8-11,13H2,1H3. The van der Waals surface area contributed by atoms with E-state index in [4.69, 9.17) is 14.2 Å². The first-order valence-corrected chi connectivity index (χ1v) is 9.64. The van der Waals surface area contributed by atoms with Gasteiger partial charge >= 0.3 is 0 Å². The van der Waals surface area contributed by atoms with Gasteiger partial charge in [0.15, 0.2) is 0 Å². The van der Waals surface area contributed by atoms with Crippen molar-refractivity contribution in [2.24, 2.45) is 0 Å². The average molecular weight is 385 g/mol. The summed E-state index contributed by atoms with van der Waals surface area (Å²) in [6, 6.07) is 12.0. The summed E-state index contributed by atoms with van der Waals surface area (Å²) in [6.07, 6.45) is 1.82. The molecule has 3 rings (SSSR count). The fourth-order valence-electron chi connectivity index (χ4n) is 2.35. The lowest BCUT2D eigenvalue weighted by Gasteiger charge is -2.08. The van der Waals surface area contributed by atoms with Crippen LogP contribution in [0.2, 0.25) is 0 Å². The van der Waals surface area contributed by atoms with E-state index in [1.807, 2.05) is 41.4 Å². The number of rotatable bonds is 11. The Labute approximate surface area is 163 Å². The molecule has 7 heteroatoms. The van der Waals surface area contributed by atoms with Gasteiger partial charge in [-0.2, -0.15) is 0 Å². The lowest BCUT2D eigenvalue weighted by molar-refractivity contribution is 0.143. The molecule has 0 amide bonds. The van der Waals surface area contributed by atoms with Crippen LogP contribution in [0.15, 0.2) is 53.5 Å². The molecule has 0 unspecified atom stereocenters. The molecule has 0 aliphatic carbocycles. The van der Waals surface area contributed by atoms with E-state index in [9.17, 15) is 0 Å². The number of nitrogens with one attached hydrogen (secondary N) is 1. The quantitative estimate of drug-likeness (QED) is 0.510. The zero-order chi connectivity index (χ0) is 18.7. The largest absolute Gasteiger partial charge is 0.487 e. The van der Waals surface area contributed by atoms with Gasteiger partial charge in [-0.15, -0.1) is 11.3 Å². The Kier molecular flexibility index (Phi) is 7.58. The van der Waals surface area contributed by atoms with Crippen molar-refractivity contribution in [3.8, 4) is 11.6 Å². The minimum absolute atomic E-state index is 0.499. The Morgan fingerprint density at radius 2 is 1.74 bits per heavy atom. The van der Waals surface area contributed by atoms with Crippen molar-refractivity contribution in [1.82, 2.24) is 15.3 Å². The van der Waals surface area contributed by atoms with E-state index in [0.717, 1.165) is 30.1 Å². The van der Waals surface area contributed by atoms with Crippen molar-refractivity contribution in [2.45, 2.75) is 19.7 Å². The Balaban J connectivity index is 1.38. The molecule has 1 N–H and O–H groups in total. The van der Waals surface area contributed by atoms with E-state index >= 15 is 0 Å². The van der Waals surface area contributed by atoms with Gasteiger partial charge in [-0.25, -0.2) is 9.97 Å². The van der Waals surface area contributed by atoms with Crippen molar-refractivity contribution in [1.29, 1.82) is 0 Å². The van der Waals surface area contributed by atoms with Crippen molar-refractivity contribution >= 4 is 11.3 Å². The monoisotopic (exact) mass is 385 g/mol. The van der Waals surface area contributed by atoms with Crippen molar-refractivity contribution < 1.29 is 14.2 Å². The van der Waals surface area contributed by atoms with Crippen LogP contribution in [0.25, 0.3) is 0 Å². The maximum Gasteiger partial charge on any atom is 0.213 e. The highest BCUT2D eigenvalue weighted by Gasteiger charge is 2.00. The second kappa shape index (κ2) is 10.6. The van der Waals surface area contributed by atoms with E-state index in [0.29, 0.717) is 25.7 Å². The summed E-state index contributed by atoms with van der Waals surface area (Å²) in [4.78, 5) is 8.50. The van der Waals surface area contributed by atoms with Crippen molar-refractivity contribution in [2.75, 3.05) is 20.3 Å². The molecule has 0 saturated carbocycles. The summed E-state index contributed by atoms with van der Waals surface area (Å²) < 4.78 is 16.1. The summed E-state index contributed by atoms with van der Waals surface area (Å²) in [5.41, 5.74) is 5.07. The third-order valence-corrected chi connectivity index (χ3v) is 4.42. The summed E-state index contributed by atoms with van der Waals surface area (Å²) in [7, 11) is 1.65. The second-order valence-electron chi connectivity index (χ2n) is 5.86. The summed E-state index contributed by atoms with van der Waals surface area (Å²) in [5.74, 6) is 1.46. The van der Waals surface area contributed by atoms with Crippen molar-refractivity contribution in [3.05, 3.63) is 70.3 Å². The van der Waals surface area contributed by atoms with Crippen LogP contribution in [-0.4, -0.2) is 30.3 Å². The highest BCUT2D eigenvalue weighted by molar-refractivity contribution is 7.07. The van der Waals surface area contributed by atoms with Gasteiger partial charge in [0, 0.05) is 37.8 Å². The second-order valence-corrected chi connectivity index (χ2v) is 6.58. The molecule has 2 aromatic heterocycles. The third-order valence-electron chi connectivity index (χ3n) is 3.79. The van der Waals surface area contributed by atoms with Crippen LogP contribution < -0.4 is 14.8 Å². The first-order chi connectivity index (χ1) is 13.3. The molecule has 0 aliphatic rings. The Bertz CT molecular complexity index is 777. The number of aromatic nitrogens is 2. The molecule has 0 fully saturated rings. The van der Waals surface area contributed by atoms with Gasteiger partial charge in [0.25, 0.3) is 0 Å². The fraction of sp³-hybridized carbons (Fsp3) is 0.300. The number of ether oxygens (including phenoxy) is 3. The number of hydrogen-bond acceptors (Lipinski definition) is 7. The SMILES string of the molecule is COCCOc1ccc(CNCc2ccc(OCc3cscn3)cc2)cn1. The molecule has 142 valence electrons. The summed E-state index contributed by atoms with van der Waals surface area (Å²) in [6.45, 7) is 3.08. The predicted molar refractivity (Wildman–Crippen MR) is 105 cm³/mol. The van der Waals surface area contributed by atoms with Gasteiger partial charge in [0.1, 0.15) is 19.0 Å². The van der Waals surface area contributed by atoms with Gasteiger partial charge in [0.05, 0.1) is 17.8 Å². The number of pyridine rings is 1. The number of benzene rings is 1. The minimum Gasteiger partial charge on any atom is -0.487 e. The van der Waals surface area contributed by atoms with Crippen LogP contribution in [0.3, 0.4) is 0 Å². The maximum atomic E-state index is 5.72. The lowest BCUT2D eigenvalue weighted by Crippen LogP contribution is -2.13. The van der Waals surface area contributed by atoms with Gasteiger partial charge in [-0.1, -0.05) is 18.2 Å². The normalized spacial score (nSPS) is 10.7. The molecule has 0 aliphatic heterocycles. The lowest BCUT2D eigenvalue weighted by atomic mass is 10.2. The van der Waals surface area contributed by atoms with Crippen LogP contribution in [0.1, 0.15) is 16.8 Å². The molecule has 2 heterocycles. The zero-order valence-electron chi connectivity index (χ0n) is 15.3. The van der Waals surface area contributed by atoms with Gasteiger partial charge in [0.2, 0.25) is 5.88 Å². The van der Waals surface area contributed by atoms with Crippen molar-refractivity contribution in [3.63, 3.8) is 0 Å². The molecule has 0 saturated heterocycles. The maximum absolute atomic E-state index is 5.72. The minimum atomic E-state index is 0.499. The molecule has 3 aromatic rings. The smallest absolute Gasteiger partial charge is 0.213 e. The topological polar surface area (TPSA) is 65.5 Å². The zero-order valence-corrected chi connectivity index (χ0v) is 16.1. The Morgan fingerprint density at radius 3 is 2.44 bits per heavy atom. The molecule has 0 radical (unpaired) electrons. The molecule has 1 aromatic carbocycles. The number of hydrogen-bond donors (Lipinski definition) is 1. The summed E-state index contributed by atoms with van der Waals surface area (Å²) >= 11 is 1.57. The predicted octanol–water partition coefficient (Wildman–Crippen LogP) is 3.43. The van der Waals surface area contributed by atoms with Gasteiger partial charge in [-0.05, 0) is 23.3 Å². The third kappa shape index (κ3) is 6.63. The fourth-order valence-corrected chi connectivity index (χ4v) is 2.89. The van der Waals surface area contributed by atoms with Crippen LogP contribution >= 0.6 is 11.3 Å². The van der Waals surface area contributed by atoms with Crippen LogP contribution in [0.4, 0.5) is 0 Å². The molecule has 0 spiro atoms. The molecule has 0 bridgehead atoms. The molecular weight excluding hydrogens is 362 g/mol. The summed E-state index contributed by atoms with van der Waals surface area (Å²) in [5, 5.41) is 5.40. The molecule has 6 nitrogen and oxygen atoms in total. The molecular formula is C20H23N3O3S.